The Balaban J connectivity index is 0.000000422. The summed E-state index contributed by atoms with van der Waals surface area (Å²) >= 11 is 0. The molecule has 0 spiro atoms. The average Bonchev–Trinajstić information content (AvgIpc) is 2.99. The van der Waals surface area contributed by atoms with Crippen LogP contribution in [0.1, 0.15) is 58.0 Å². The maximum atomic E-state index is 11.3. The molecule has 3 heteroatoms. The Morgan fingerprint density at radius 1 is 0.960 bits per heavy atom. The van der Waals surface area contributed by atoms with Gasteiger partial charge in [0.25, 0.3) is 0 Å². The molecule has 0 heterocycles. The fraction of sp³-hybridized carbons (Fsp3) is 0.409. The highest BCUT2D eigenvalue weighted by Gasteiger charge is 2.28. The first-order valence-corrected chi connectivity index (χ1v) is 9.25. The summed E-state index contributed by atoms with van der Waals surface area (Å²) in [5, 5.41) is 2.48. The third kappa shape index (κ3) is 4.85. The molecular weight excluding hydrogens is 310 g/mol. The molecule has 0 saturated carbocycles. The van der Waals surface area contributed by atoms with Crippen LogP contribution in [0.5, 0.6) is 0 Å². The molecule has 1 amide bonds. The number of nitrogens with one attached hydrogen (secondary N) is 1. The highest BCUT2D eigenvalue weighted by Crippen LogP contribution is 2.44. The fourth-order valence-corrected chi connectivity index (χ4v) is 3.17. The van der Waals surface area contributed by atoms with Gasteiger partial charge in [0.1, 0.15) is 6.61 Å². The second-order valence-corrected chi connectivity index (χ2v) is 6.28. The van der Waals surface area contributed by atoms with Gasteiger partial charge >= 0.3 is 6.09 Å². The van der Waals surface area contributed by atoms with Crippen molar-refractivity contribution in [1.29, 1.82) is 0 Å². The van der Waals surface area contributed by atoms with Crippen molar-refractivity contribution in [2.24, 2.45) is 0 Å². The van der Waals surface area contributed by atoms with E-state index in [9.17, 15) is 4.79 Å². The zero-order valence-electron chi connectivity index (χ0n) is 15.5. The number of hydrogen-bond donors (Lipinski definition) is 1. The van der Waals surface area contributed by atoms with Crippen molar-refractivity contribution in [2.75, 3.05) is 13.7 Å². The quantitative estimate of drug-likeness (QED) is 0.679. The number of benzene rings is 2. The Bertz CT molecular complexity index is 638. The van der Waals surface area contributed by atoms with E-state index in [1.54, 1.807) is 7.05 Å². The van der Waals surface area contributed by atoms with Gasteiger partial charge in [0.05, 0.1) is 0 Å². The normalized spacial score (nSPS) is 11.8. The van der Waals surface area contributed by atoms with Crippen LogP contribution in [0.4, 0.5) is 4.79 Å². The predicted molar refractivity (Wildman–Crippen MR) is 106 cm³/mol. The molecule has 25 heavy (non-hydrogen) atoms. The first-order chi connectivity index (χ1) is 12.2. The molecule has 1 aliphatic rings. The molecular formula is C22H31NO2. The lowest BCUT2D eigenvalue weighted by Crippen LogP contribution is -2.21. The summed E-state index contributed by atoms with van der Waals surface area (Å²) in [4.78, 5) is 11.3. The molecule has 2 aromatic carbocycles. The molecule has 3 rings (SSSR count). The summed E-state index contributed by atoms with van der Waals surface area (Å²) in [6, 6.07) is 16.6. The first kappa shape index (κ1) is 19.0. The van der Waals surface area contributed by atoms with Gasteiger partial charge in [-0.05, 0) is 22.3 Å². The van der Waals surface area contributed by atoms with Crippen LogP contribution in [-0.4, -0.2) is 19.7 Å². The van der Waals surface area contributed by atoms with Crippen molar-refractivity contribution in [1.82, 2.24) is 5.32 Å². The zero-order chi connectivity index (χ0) is 18.1. The van der Waals surface area contributed by atoms with Crippen molar-refractivity contribution in [3.05, 3.63) is 59.7 Å². The minimum absolute atomic E-state index is 0. The monoisotopic (exact) mass is 341 g/mol. The zero-order valence-corrected chi connectivity index (χ0v) is 15.5. The highest BCUT2D eigenvalue weighted by molar-refractivity contribution is 5.79. The van der Waals surface area contributed by atoms with E-state index in [2.05, 4.69) is 43.4 Å². The van der Waals surface area contributed by atoms with E-state index in [0.29, 0.717) is 6.61 Å². The van der Waals surface area contributed by atoms with E-state index in [-0.39, 0.29) is 13.4 Å². The van der Waals surface area contributed by atoms with Gasteiger partial charge in [0.15, 0.2) is 0 Å². The van der Waals surface area contributed by atoms with Crippen molar-refractivity contribution in [3.8, 4) is 11.1 Å². The Hall–Kier alpha value is -2.29. The highest BCUT2D eigenvalue weighted by atomic mass is 16.5. The number of carbonyl (C=O) groups excluding carboxylic acids is 1. The Labute approximate surface area is 152 Å². The van der Waals surface area contributed by atoms with Crippen LogP contribution >= 0.6 is 0 Å². The SMILES string of the molecule is CCCCCC.CNC(=O)OCC1c2ccccc2-c2ccccc21.[HH]. The number of rotatable bonds is 5. The molecule has 0 radical (unpaired) electrons. The predicted octanol–water partition coefficient (Wildman–Crippen LogP) is 5.99. The maximum Gasteiger partial charge on any atom is 0.406 e. The Morgan fingerprint density at radius 2 is 1.44 bits per heavy atom. The summed E-state index contributed by atoms with van der Waals surface area (Å²) < 4.78 is 5.24. The van der Waals surface area contributed by atoms with Crippen molar-refractivity contribution >= 4 is 6.09 Å². The average molecular weight is 341 g/mol. The minimum Gasteiger partial charge on any atom is -0.449 e. The molecule has 0 bridgehead atoms. The number of alkyl carbamates (subject to hydrolysis) is 1. The molecule has 0 atom stereocenters. The first-order valence-electron chi connectivity index (χ1n) is 9.25. The van der Waals surface area contributed by atoms with Gasteiger partial charge in [0, 0.05) is 14.4 Å². The maximum absolute atomic E-state index is 11.3. The van der Waals surface area contributed by atoms with E-state index in [4.69, 9.17) is 4.74 Å². The van der Waals surface area contributed by atoms with Gasteiger partial charge in [0.2, 0.25) is 0 Å². The van der Waals surface area contributed by atoms with Crippen LogP contribution in [0.15, 0.2) is 48.5 Å². The fourth-order valence-electron chi connectivity index (χ4n) is 3.17. The van der Waals surface area contributed by atoms with Gasteiger partial charge in [-0.25, -0.2) is 4.79 Å². The lowest BCUT2D eigenvalue weighted by molar-refractivity contribution is 0.145. The van der Waals surface area contributed by atoms with Gasteiger partial charge in [-0.15, -0.1) is 0 Å². The third-order valence-corrected chi connectivity index (χ3v) is 4.50. The second-order valence-electron chi connectivity index (χ2n) is 6.28. The molecule has 136 valence electrons. The van der Waals surface area contributed by atoms with E-state index in [1.165, 1.54) is 47.9 Å². The summed E-state index contributed by atoms with van der Waals surface area (Å²) in [7, 11) is 1.57. The van der Waals surface area contributed by atoms with E-state index in [1.807, 2.05) is 24.3 Å². The van der Waals surface area contributed by atoms with Crippen LogP contribution in [0.25, 0.3) is 11.1 Å². The Morgan fingerprint density at radius 3 is 1.88 bits per heavy atom. The number of amides is 1. The lowest BCUT2D eigenvalue weighted by Gasteiger charge is -2.13. The van der Waals surface area contributed by atoms with E-state index < -0.39 is 0 Å². The van der Waals surface area contributed by atoms with Gasteiger partial charge in [-0.2, -0.15) is 0 Å². The summed E-state index contributed by atoms with van der Waals surface area (Å²) in [5.74, 6) is 0.129. The number of carbonyl (C=O) groups is 1. The van der Waals surface area contributed by atoms with Crippen molar-refractivity contribution in [2.45, 2.75) is 45.4 Å². The summed E-state index contributed by atoms with van der Waals surface area (Å²) in [6.45, 7) is 4.83. The largest absolute Gasteiger partial charge is 0.449 e. The molecule has 0 unspecified atom stereocenters. The summed E-state index contributed by atoms with van der Waals surface area (Å²) in [5.41, 5.74) is 4.94. The molecule has 1 N–H and O–H groups in total. The van der Waals surface area contributed by atoms with Crippen LogP contribution in [0, 0.1) is 0 Å². The van der Waals surface area contributed by atoms with Gasteiger partial charge in [-0.1, -0.05) is 88.1 Å². The standard InChI is InChI=1S/C16H15NO2.C6H14.H2/c1-17-16(18)19-10-15-13-8-4-2-6-11(13)12-7-3-5-9-14(12)15;1-3-5-6-4-2;/h2-9,15H,10H2,1H3,(H,17,18);3-6H2,1-2H3;1H. The summed E-state index contributed by atoms with van der Waals surface area (Å²) in [6.07, 6.45) is 5.15. The number of fused-ring (bicyclic) bond motifs is 3. The topological polar surface area (TPSA) is 38.3 Å². The smallest absolute Gasteiger partial charge is 0.406 e. The number of unbranched alkanes of at least 4 members (excludes halogenated alkanes) is 3. The lowest BCUT2D eigenvalue weighted by atomic mass is 9.98. The molecule has 2 aromatic rings. The molecule has 0 aliphatic heterocycles. The molecule has 0 saturated heterocycles. The van der Waals surface area contributed by atoms with E-state index >= 15 is 0 Å². The van der Waals surface area contributed by atoms with Crippen LogP contribution in [0.2, 0.25) is 0 Å². The van der Waals surface area contributed by atoms with Crippen molar-refractivity contribution < 1.29 is 11.0 Å². The number of hydrogen-bond acceptors (Lipinski definition) is 2. The molecule has 0 fully saturated rings. The van der Waals surface area contributed by atoms with Crippen LogP contribution < -0.4 is 5.32 Å². The third-order valence-electron chi connectivity index (χ3n) is 4.50. The second kappa shape index (κ2) is 9.87. The molecule has 0 aromatic heterocycles. The van der Waals surface area contributed by atoms with E-state index in [0.717, 1.165) is 0 Å². The molecule has 1 aliphatic carbocycles. The Kier molecular flexibility index (Phi) is 7.52. The minimum atomic E-state index is -0.387. The van der Waals surface area contributed by atoms with Crippen LogP contribution in [0.3, 0.4) is 0 Å². The number of ether oxygens (including phenoxy) is 1. The van der Waals surface area contributed by atoms with Crippen LogP contribution in [-0.2, 0) is 4.74 Å². The van der Waals surface area contributed by atoms with Gasteiger partial charge in [-0.3, -0.25) is 0 Å². The van der Waals surface area contributed by atoms with Gasteiger partial charge < -0.3 is 10.1 Å². The molecule has 3 nitrogen and oxygen atoms in total. The van der Waals surface area contributed by atoms with Crippen molar-refractivity contribution in [3.63, 3.8) is 0 Å².